The van der Waals surface area contributed by atoms with Crippen LogP contribution in [0.3, 0.4) is 0 Å². The molecule has 2 heterocycles. The second-order valence-electron chi connectivity index (χ2n) is 9.99. The van der Waals surface area contributed by atoms with E-state index >= 15 is 0 Å². The highest BCUT2D eigenvalue weighted by atomic mass is 16.2. The maximum absolute atomic E-state index is 13.4. The maximum atomic E-state index is 13.4. The Morgan fingerprint density at radius 2 is 1.94 bits per heavy atom. The number of anilines is 1. The molecule has 1 aliphatic heterocycles. The summed E-state index contributed by atoms with van der Waals surface area (Å²) >= 11 is 0. The summed E-state index contributed by atoms with van der Waals surface area (Å²) < 4.78 is 0. The van der Waals surface area contributed by atoms with E-state index in [0.29, 0.717) is 30.9 Å². The summed E-state index contributed by atoms with van der Waals surface area (Å²) in [5, 5.41) is 8.57. The fraction of sp³-hybridized carbons (Fsp3) is 0.577. The minimum absolute atomic E-state index is 0.0781. The number of likely N-dealkylation sites (tertiary alicyclic amines) is 1. The molecule has 4 N–H and O–H groups in total. The largest absolute Gasteiger partial charge is 0.383 e. The normalized spacial score (nSPS) is 20.0. The second kappa shape index (κ2) is 10.5. The highest BCUT2D eigenvalue weighted by Crippen LogP contribution is 2.24. The lowest BCUT2D eigenvalue weighted by Gasteiger charge is -2.42. The number of amides is 2. The Bertz CT molecular complexity index is 986. The van der Waals surface area contributed by atoms with Gasteiger partial charge in [0.05, 0.1) is 6.04 Å². The van der Waals surface area contributed by atoms with Crippen LogP contribution in [0.15, 0.2) is 30.5 Å². The molecular weight excluding hydrogens is 414 g/mol. The summed E-state index contributed by atoms with van der Waals surface area (Å²) in [5.74, 6) is 0.921. The summed E-state index contributed by atoms with van der Waals surface area (Å²) in [6, 6.07) is 7.66. The molecule has 178 valence electrons. The van der Waals surface area contributed by atoms with Crippen LogP contribution >= 0.6 is 0 Å². The SMILES string of the molecule is CC(C)C[C@@H](NC1CCCCC1)C(=O)N1CC[C@H]1C(=O)NCc1ccc2c(N)nccc2c1. The van der Waals surface area contributed by atoms with Crippen LogP contribution in [0.4, 0.5) is 5.82 Å². The van der Waals surface area contributed by atoms with E-state index in [2.05, 4.69) is 29.5 Å². The first-order valence-corrected chi connectivity index (χ1v) is 12.4. The van der Waals surface area contributed by atoms with E-state index in [1.807, 2.05) is 24.3 Å². The molecule has 2 amide bonds. The van der Waals surface area contributed by atoms with Crippen molar-refractivity contribution in [3.05, 3.63) is 36.0 Å². The van der Waals surface area contributed by atoms with E-state index in [1.54, 1.807) is 11.1 Å². The fourth-order valence-electron chi connectivity index (χ4n) is 5.06. The molecule has 0 bridgehead atoms. The summed E-state index contributed by atoms with van der Waals surface area (Å²) in [7, 11) is 0. The van der Waals surface area contributed by atoms with Gasteiger partial charge in [0.1, 0.15) is 11.9 Å². The topological polar surface area (TPSA) is 100 Å². The van der Waals surface area contributed by atoms with Crippen LogP contribution in [0.5, 0.6) is 0 Å². The lowest BCUT2D eigenvalue weighted by Crippen LogP contribution is -2.62. The van der Waals surface area contributed by atoms with E-state index in [-0.39, 0.29) is 23.9 Å². The highest BCUT2D eigenvalue weighted by Gasteiger charge is 2.40. The predicted molar refractivity (Wildman–Crippen MR) is 131 cm³/mol. The second-order valence-corrected chi connectivity index (χ2v) is 9.99. The predicted octanol–water partition coefficient (Wildman–Crippen LogP) is 3.37. The van der Waals surface area contributed by atoms with Gasteiger partial charge >= 0.3 is 0 Å². The number of fused-ring (bicyclic) bond motifs is 1. The molecule has 2 atom stereocenters. The number of hydrogen-bond acceptors (Lipinski definition) is 5. The number of hydrogen-bond donors (Lipinski definition) is 3. The number of aromatic nitrogens is 1. The number of carbonyl (C=O) groups is 2. The van der Waals surface area contributed by atoms with Crippen LogP contribution < -0.4 is 16.4 Å². The molecule has 0 unspecified atom stereocenters. The molecule has 1 saturated heterocycles. The van der Waals surface area contributed by atoms with E-state index in [1.165, 1.54) is 19.3 Å². The average molecular weight is 452 g/mol. The number of benzene rings is 1. The van der Waals surface area contributed by atoms with Crippen LogP contribution in [0.1, 0.15) is 64.4 Å². The zero-order valence-electron chi connectivity index (χ0n) is 19.8. The number of nitrogens with two attached hydrogens (primary N) is 1. The van der Waals surface area contributed by atoms with Gasteiger partial charge in [-0.15, -0.1) is 0 Å². The molecule has 33 heavy (non-hydrogen) atoms. The minimum Gasteiger partial charge on any atom is -0.383 e. The molecule has 7 heteroatoms. The molecule has 0 spiro atoms. The fourth-order valence-corrected chi connectivity index (χ4v) is 5.06. The third-order valence-electron chi connectivity index (χ3n) is 6.98. The third kappa shape index (κ3) is 5.64. The van der Waals surface area contributed by atoms with Crippen LogP contribution in [-0.2, 0) is 16.1 Å². The molecule has 1 saturated carbocycles. The number of rotatable bonds is 8. The Kier molecular flexibility index (Phi) is 7.48. The third-order valence-corrected chi connectivity index (χ3v) is 6.98. The van der Waals surface area contributed by atoms with Gasteiger partial charge in [0, 0.05) is 30.7 Å². The van der Waals surface area contributed by atoms with Crippen molar-refractivity contribution >= 4 is 28.4 Å². The van der Waals surface area contributed by atoms with Gasteiger partial charge in [-0.05, 0) is 54.7 Å². The molecule has 1 aromatic heterocycles. The van der Waals surface area contributed by atoms with Gasteiger partial charge < -0.3 is 21.3 Å². The Morgan fingerprint density at radius 1 is 1.15 bits per heavy atom. The minimum atomic E-state index is -0.374. The summed E-state index contributed by atoms with van der Waals surface area (Å²) in [4.78, 5) is 32.2. The number of nitrogens with zero attached hydrogens (tertiary/aromatic N) is 2. The number of nitrogen functional groups attached to an aromatic ring is 1. The lowest BCUT2D eigenvalue weighted by atomic mass is 9.92. The van der Waals surface area contributed by atoms with Crippen LogP contribution in [0, 0.1) is 5.92 Å². The number of pyridine rings is 1. The van der Waals surface area contributed by atoms with Crippen molar-refractivity contribution in [3.63, 3.8) is 0 Å². The van der Waals surface area contributed by atoms with Crippen molar-refractivity contribution < 1.29 is 9.59 Å². The standard InChI is InChI=1S/C26H37N5O2/c1-17(2)14-22(30-20-6-4-3-5-7-20)26(33)31-13-11-23(31)25(32)29-16-18-8-9-21-19(15-18)10-12-28-24(21)27/h8-10,12,15,17,20,22-23,30H,3-7,11,13-14,16H2,1-2H3,(H2,27,28)(H,29,32)/t22-,23+/m1/s1. The zero-order chi connectivity index (χ0) is 23.4. The summed E-state index contributed by atoms with van der Waals surface area (Å²) in [6.07, 6.45) is 9.23. The smallest absolute Gasteiger partial charge is 0.243 e. The monoisotopic (exact) mass is 451 g/mol. The quantitative estimate of drug-likeness (QED) is 0.571. The van der Waals surface area contributed by atoms with Gasteiger partial charge in [-0.3, -0.25) is 9.59 Å². The lowest BCUT2D eigenvalue weighted by molar-refractivity contribution is -0.149. The van der Waals surface area contributed by atoms with E-state index in [9.17, 15) is 9.59 Å². The molecule has 2 aliphatic rings. The van der Waals surface area contributed by atoms with Crippen LogP contribution in [-0.4, -0.2) is 46.4 Å². The van der Waals surface area contributed by atoms with Gasteiger partial charge in [-0.1, -0.05) is 45.2 Å². The van der Waals surface area contributed by atoms with Crippen molar-refractivity contribution in [2.75, 3.05) is 12.3 Å². The van der Waals surface area contributed by atoms with Crippen LogP contribution in [0.25, 0.3) is 10.8 Å². The molecule has 7 nitrogen and oxygen atoms in total. The number of carbonyl (C=O) groups excluding carboxylic acids is 2. The van der Waals surface area contributed by atoms with Gasteiger partial charge in [-0.25, -0.2) is 4.98 Å². The molecule has 4 rings (SSSR count). The van der Waals surface area contributed by atoms with Crippen molar-refractivity contribution in [1.82, 2.24) is 20.5 Å². The van der Waals surface area contributed by atoms with Gasteiger partial charge in [0.2, 0.25) is 11.8 Å². The Morgan fingerprint density at radius 3 is 2.64 bits per heavy atom. The summed E-state index contributed by atoms with van der Waals surface area (Å²) in [5.41, 5.74) is 6.92. The van der Waals surface area contributed by atoms with Gasteiger partial charge in [0.25, 0.3) is 0 Å². The van der Waals surface area contributed by atoms with Gasteiger partial charge in [-0.2, -0.15) is 0 Å². The van der Waals surface area contributed by atoms with Crippen molar-refractivity contribution in [2.24, 2.45) is 5.92 Å². The molecule has 0 radical (unpaired) electrons. The van der Waals surface area contributed by atoms with E-state index in [0.717, 1.165) is 42.0 Å². The van der Waals surface area contributed by atoms with E-state index in [4.69, 9.17) is 5.73 Å². The van der Waals surface area contributed by atoms with Crippen molar-refractivity contribution in [2.45, 2.75) is 83.5 Å². The Hall–Kier alpha value is -2.67. The zero-order valence-corrected chi connectivity index (χ0v) is 19.8. The highest BCUT2D eigenvalue weighted by molar-refractivity contribution is 5.92. The first kappa shape index (κ1) is 23.5. The Labute approximate surface area is 196 Å². The van der Waals surface area contributed by atoms with Crippen molar-refractivity contribution in [1.29, 1.82) is 0 Å². The molecule has 2 fully saturated rings. The van der Waals surface area contributed by atoms with E-state index < -0.39 is 0 Å². The van der Waals surface area contributed by atoms with Crippen LogP contribution in [0.2, 0.25) is 0 Å². The first-order chi connectivity index (χ1) is 15.9. The molecule has 1 aliphatic carbocycles. The van der Waals surface area contributed by atoms with Gasteiger partial charge in [0.15, 0.2) is 0 Å². The van der Waals surface area contributed by atoms with Crippen molar-refractivity contribution in [3.8, 4) is 0 Å². The summed E-state index contributed by atoms with van der Waals surface area (Å²) in [6.45, 7) is 5.37. The number of nitrogens with one attached hydrogen (secondary N) is 2. The molecular formula is C26H37N5O2. The average Bonchev–Trinajstić information content (AvgIpc) is 2.77. The Balaban J connectivity index is 1.35. The molecule has 1 aromatic carbocycles. The molecule has 2 aromatic rings. The first-order valence-electron chi connectivity index (χ1n) is 12.4. The maximum Gasteiger partial charge on any atom is 0.243 e.